The maximum Gasteiger partial charge on any atom is 0.0889 e. The van der Waals surface area contributed by atoms with Gasteiger partial charge < -0.3 is 18.3 Å². The van der Waals surface area contributed by atoms with E-state index in [0.29, 0.717) is 35.5 Å². The second-order valence-corrected chi connectivity index (χ2v) is 27.3. The van der Waals surface area contributed by atoms with Gasteiger partial charge in [0.25, 0.3) is 0 Å². The molecule has 476 valence electrons. The molecule has 7 aromatic heterocycles. The summed E-state index contributed by atoms with van der Waals surface area (Å²) in [5.74, 6) is 4.33. The van der Waals surface area contributed by atoms with Gasteiger partial charge in [-0.25, -0.2) is 0 Å². The normalized spacial score (nSPS) is 11.2. The van der Waals surface area contributed by atoms with Gasteiger partial charge in [-0.3, -0.25) is 15.1 Å². The molecule has 91 heavy (non-hydrogen) atoms. The first-order chi connectivity index (χ1) is 43.1. The van der Waals surface area contributed by atoms with E-state index in [0.717, 1.165) is 22.5 Å². The quantitative estimate of drug-likeness (QED) is 0.165. The number of hydrogen-bond acceptors (Lipinski definition) is 4. The second kappa shape index (κ2) is 32.5. The number of aryl methyl sites for hydroxylation is 4. The molecule has 0 bridgehead atoms. The minimum atomic E-state index is 0. The summed E-state index contributed by atoms with van der Waals surface area (Å²) in [6.45, 7) is 31.1. The van der Waals surface area contributed by atoms with Gasteiger partial charge in [0.15, 0.2) is 0 Å². The van der Waals surface area contributed by atoms with Crippen LogP contribution in [0.4, 0.5) is 0 Å². The summed E-state index contributed by atoms with van der Waals surface area (Å²) in [4.78, 5) is 9.96. The van der Waals surface area contributed by atoms with Crippen molar-refractivity contribution in [3.63, 3.8) is 0 Å². The van der Waals surface area contributed by atoms with Crippen molar-refractivity contribution in [2.75, 3.05) is 0 Å². The van der Waals surface area contributed by atoms with Crippen molar-refractivity contribution in [1.29, 1.82) is 0 Å². The summed E-state index contributed by atoms with van der Waals surface area (Å²) in [6, 6.07) is 60.3. The van der Waals surface area contributed by atoms with E-state index >= 15 is 0 Å². The van der Waals surface area contributed by atoms with E-state index in [2.05, 4.69) is 346 Å². The Hall–Kier alpha value is -8.53. The van der Waals surface area contributed by atoms with Crippen molar-refractivity contribution in [1.82, 2.24) is 38.4 Å². The van der Waals surface area contributed by atoms with Crippen LogP contribution in [0.25, 0.3) is 75.6 Å². The van der Waals surface area contributed by atoms with Crippen LogP contribution in [0.2, 0.25) is 0 Å². The number of H-pyrrole nitrogens is 1. The van der Waals surface area contributed by atoms with Gasteiger partial charge in [0.2, 0.25) is 0 Å². The molecule has 1 N–H and O–H groups in total. The summed E-state index contributed by atoms with van der Waals surface area (Å²) in [5, 5.41) is 15.0. The monoisotopic (exact) mass is 1230 g/mol. The van der Waals surface area contributed by atoms with E-state index in [4.69, 9.17) is 0 Å². The van der Waals surface area contributed by atoms with Gasteiger partial charge in [0, 0.05) is 113 Å². The fourth-order valence-corrected chi connectivity index (χ4v) is 12.4. The van der Waals surface area contributed by atoms with Crippen molar-refractivity contribution in [3.05, 3.63) is 245 Å². The zero-order valence-corrected chi connectivity index (χ0v) is 57.7. The highest BCUT2D eigenvalue weighted by molar-refractivity contribution is 7.19. The van der Waals surface area contributed by atoms with E-state index in [1.54, 1.807) is 12.4 Å². The molecule has 0 saturated heterocycles. The molecule has 0 fully saturated rings. The van der Waals surface area contributed by atoms with Crippen LogP contribution in [-0.2, 0) is 34.6 Å². The molecule has 0 radical (unpaired) electrons. The Labute approximate surface area is 548 Å². The van der Waals surface area contributed by atoms with Crippen molar-refractivity contribution in [2.24, 2.45) is 34.1 Å². The third-order valence-corrected chi connectivity index (χ3v) is 18.0. The van der Waals surface area contributed by atoms with Crippen molar-refractivity contribution < 1.29 is 0 Å². The lowest BCUT2D eigenvalue weighted by Crippen LogP contribution is -1.97. The highest BCUT2D eigenvalue weighted by Crippen LogP contribution is 2.31. The fraction of sp³-hybridized carbons (Fsp3) is 0.329. The summed E-state index contributed by atoms with van der Waals surface area (Å²) < 4.78 is 10.2. The minimum absolute atomic E-state index is 0. The summed E-state index contributed by atoms with van der Waals surface area (Å²) in [7, 11) is 8.44. The molecule has 0 unspecified atom stereocenters. The lowest BCUT2D eigenvalue weighted by atomic mass is 10.0. The number of para-hydroxylation sites is 3. The van der Waals surface area contributed by atoms with Crippen LogP contribution in [0.15, 0.2) is 207 Å². The van der Waals surface area contributed by atoms with Gasteiger partial charge in [-0.1, -0.05) is 195 Å². The lowest BCUT2D eigenvalue weighted by Gasteiger charge is -2.06. The Morgan fingerprint density at radius 1 is 0.429 bits per heavy atom. The van der Waals surface area contributed by atoms with Gasteiger partial charge in [0.1, 0.15) is 0 Å². The molecule has 14 rings (SSSR count). The molecule has 7 heterocycles. The number of benzene rings is 7. The predicted octanol–water partition coefficient (Wildman–Crippen LogP) is 23.4. The topological polar surface area (TPSA) is 74.2 Å². The number of aromatic nitrogens is 8. The fourth-order valence-electron chi connectivity index (χ4n) is 11.3. The molecule has 9 heteroatoms. The van der Waals surface area contributed by atoms with E-state index < -0.39 is 0 Å². The SMILES string of the molecule is C.CC(C)Cc1cn(C)c2ccccc12.CC(C)c1cc2ccccc2n1C.CC(C)c1cc2ccccc2s1.CC(C)c1ccc2[nH]ncc2c1.CC(C)c1ccc2c(ccn2C)c1.CC(C)c1ccc2nccnc2c1.CC(C)c1cn(C)c2ccccc12. The Morgan fingerprint density at radius 3 is 1.58 bits per heavy atom. The first-order valence-electron chi connectivity index (χ1n) is 32.4. The minimum Gasteiger partial charge on any atom is -0.351 e. The first kappa shape index (κ1) is 69.9. The zero-order valence-electron chi connectivity index (χ0n) is 56.9. The highest BCUT2D eigenvalue weighted by Gasteiger charge is 2.11. The van der Waals surface area contributed by atoms with Crippen LogP contribution in [-0.4, -0.2) is 38.4 Å². The van der Waals surface area contributed by atoms with Crippen molar-refractivity contribution in [3.8, 4) is 0 Å². The average molecular weight is 1230 g/mol. The molecule has 0 aliphatic heterocycles. The lowest BCUT2D eigenvalue weighted by molar-refractivity contribution is 0.648. The zero-order chi connectivity index (χ0) is 64.8. The molecule has 0 aliphatic rings. The second-order valence-electron chi connectivity index (χ2n) is 26.2. The Kier molecular flexibility index (Phi) is 25.0. The molecule has 8 nitrogen and oxygen atoms in total. The molecule has 0 spiro atoms. The van der Waals surface area contributed by atoms with E-state index in [-0.39, 0.29) is 7.43 Å². The van der Waals surface area contributed by atoms with E-state index in [1.165, 1.54) is 104 Å². The molecule has 14 aromatic rings. The summed E-state index contributed by atoms with van der Waals surface area (Å²) in [6.07, 6.45) is 13.1. The largest absolute Gasteiger partial charge is 0.351 e. The van der Waals surface area contributed by atoms with Crippen LogP contribution in [0.5, 0.6) is 0 Å². The molecular formula is C82H102N8S. The molecule has 0 aliphatic carbocycles. The van der Waals surface area contributed by atoms with Crippen LogP contribution in [0.1, 0.15) is 178 Å². The number of hydrogen-bond donors (Lipinski definition) is 1. The molecule has 0 saturated carbocycles. The third-order valence-electron chi connectivity index (χ3n) is 16.6. The maximum atomic E-state index is 4.26. The molecular weight excluding hydrogens is 1130 g/mol. The summed E-state index contributed by atoms with van der Waals surface area (Å²) in [5.41, 5.74) is 16.8. The number of aromatic amines is 1. The van der Waals surface area contributed by atoms with Crippen molar-refractivity contribution >= 4 is 87.0 Å². The maximum absolute atomic E-state index is 4.26. The number of fused-ring (bicyclic) bond motifs is 7. The van der Waals surface area contributed by atoms with Gasteiger partial charge in [-0.15, -0.1) is 11.3 Å². The van der Waals surface area contributed by atoms with Crippen LogP contribution >= 0.6 is 11.3 Å². The average Bonchev–Trinajstić information content (AvgIpc) is 1.84. The highest BCUT2D eigenvalue weighted by atomic mass is 32.1. The van der Waals surface area contributed by atoms with E-state index in [9.17, 15) is 0 Å². The molecule has 0 atom stereocenters. The first-order valence-corrected chi connectivity index (χ1v) is 33.2. The van der Waals surface area contributed by atoms with Gasteiger partial charge in [0.05, 0.1) is 22.7 Å². The van der Waals surface area contributed by atoms with E-state index in [1.807, 2.05) is 23.6 Å². The van der Waals surface area contributed by atoms with Gasteiger partial charge in [-0.05, 0) is 171 Å². The smallest absolute Gasteiger partial charge is 0.0889 e. The standard InChI is InChI=1S/C13H17N.3C12H15N.C11H12N2.C11H12S.C10H12N2.CH4/c1-10(2)8-11-9-14(3)13-7-5-4-6-12(11)13;1-9(2)10-4-5-12-11(8-10)6-7-13(12)3;1-9(2)11-8-13(3)12-7-5-4-6-10(11)12;1-9(2)12-8-10-6-4-5-7-11(10)13(12)3;1-8(2)9-3-4-10-11(7-9)13-6-5-12-10;1-8(2)11-7-9-5-3-4-6-10(9)12-11;1-7(2)8-3-4-10-9(5-8)6-11-12-10;/h4-7,9-10H,8H2,1-3H3;3*4-9H,1-3H3;3-8H,1-2H3;3-8H,1-2H3;3-7H,1-2H3,(H,11,12);1H4. The number of nitrogens with one attached hydrogen (secondary N) is 1. The Bertz CT molecular complexity index is 4480. The molecule has 7 aromatic carbocycles. The van der Waals surface area contributed by atoms with Crippen LogP contribution in [0, 0.1) is 5.92 Å². The van der Waals surface area contributed by atoms with Gasteiger partial charge in [-0.2, -0.15) is 5.10 Å². The van der Waals surface area contributed by atoms with Crippen LogP contribution < -0.4 is 0 Å². The van der Waals surface area contributed by atoms with Gasteiger partial charge >= 0.3 is 0 Å². The number of rotatable bonds is 8. The number of nitrogens with zero attached hydrogens (tertiary/aromatic N) is 7. The van der Waals surface area contributed by atoms with Crippen molar-refractivity contribution in [2.45, 2.75) is 146 Å². The Balaban J connectivity index is 0.000000151. The van der Waals surface area contributed by atoms with Crippen LogP contribution in [0.3, 0.4) is 0 Å². The Morgan fingerprint density at radius 2 is 0.967 bits per heavy atom. The number of thiophene rings is 1. The predicted molar refractivity (Wildman–Crippen MR) is 399 cm³/mol. The third kappa shape index (κ3) is 18.1. The summed E-state index contributed by atoms with van der Waals surface area (Å²) >= 11 is 1.91. The molecule has 0 amide bonds.